The molecule has 5 heteroatoms. The fourth-order valence-electron chi connectivity index (χ4n) is 2.24. The van der Waals surface area contributed by atoms with E-state index in [0.29, 0.717) is 24.3 Å². The fraction of sp³-hybridized carbons (Fsp3) is 0.294. The van der Waals surface area contributed by atoms with Crippen LogP contribution in [0.1, 0.15) is 29.3 Å². The van der Waals surface area contributed by atoms with E-state index in [1.54, 1.807) is 11.3 Å². The number of rotatable bonds is 5. The molecule has 0 saturated carbocycles. The third-order valence-electron chi connectivity index (χ3n) is 3.78. The third-order valence-corrected chi connectivity index (χ3v) is 4.82. The van der Waals surface area contributed by atoms with Crippen molar-refractivity contribution in [2.75, 3.05) is 7.05 Å². The van der Waals surface area contributed by atoms with Crippen molar-refractivity contribution in [1.82, 2.24) is 15.0 Å². The summed E-state index contributed by atoms with van der Waals surface area (Å²) in [7, 11) is 2.07. The summed E-state index contributed by atoms with van der Waals surface area (Å²) in [5.74, 6) is 1.29. The summed E-state index contributed by atoms with van der Waals surface area (Å²) >= 11 is 1.77. The Balaban J connectivity index is 1.70. The topological polar surface area (TPSA) is 42.2 Å². The molecule has 0 amide bonds. The van der Waals surface area contributed by atoms with Crippen molar-refractivity contribution in [3.63, 3.8) is 0 Å². The minimum absolute atomic E-state index is 0.328. The summed E-state index contributed by atoms with van der Waals surface area (Å²) < 4.78 is 5.39. The first-order valence-corrected chi connectivity index (χ1v) is 8.14. The molecular formula is C17H19N3OS. The van der Waals surface area contributed by atoms with Crippen molar-refractivity contribution in [2.45, 2.75) is 26.4 Å². The Morgan fingerprint density at radius 2 is 2.00 bits per heavy atom. The second-order valence-electron chi connectivity index (χ2n) is 5.48. The van der Waals surface area contributed by atoms with E-state index in [9.17, 15) is 0 Å². The standard InChI is InChI=1S/C17H19N3OS/c1-12-6-8-14(9-7-12)17-18-16(21-19-17)11-20(3)13(2)15-5-4-10-22-15/h4-10,13H,11H2,1-3H3/t13-/m1/s1. The van der Waals surface area contributed by atoms with Gasteiger partial charge in [0.2, 0.25) is 11.7 Å². The second-order valence-corrected chi connectivity index (χ2v) is 6.46. The number of aromatic nitrogens is 2. The van der Waals surface area contributed by atoms with E-state index in [2.05, 4.69) is 65.6 Å². The van der Waals surface area contributed by atoms with Crippen molar-refractivity contribution in [3.8, 4) is 11.4 Å². The van der Waals surface area contributed by atoms with Crippen molar-refractivity contribution in [3.05, 3.63) is 58.1 Å². The number of hydrogen-bond acceptors (Lipinski definition) is 5. The summed E-state index contributed by atoms with van der Waals surface area (Å²) in [6.07, 6.45) is 0. The van der Waals surface area contributed by atoms with Gasteiger partial charge in [-0.05, 0) is 32.3 Å². The van der Waals surface area contributed by atoms with Crippen LogP contribution in [0, 0.1) is 6.92 Å². The van der Waals surface area contributed by atoms with Gasteiger partial charge in [0.1, 0.15) is 0 Å². The maximum Gasteiger partial charge on any atom is 0.241 e. The van der Waals surface area contributed by atoms with Gasteiger partial charge < -0.3 is 4.52 Å². The van der Waals surface area contributed by atoms with Crippen LogP contribution < -0.4 is 0 Å². The normalized spacial score (nSPS) is 12.7. The molecule has 22 heavy (non-hydrogen) atoms. The molecule has 0 bridgehead atoms. The maximum absolute atomic E-state index is 5.39. The van der Waals surface area contributed by atoms with Gasteiger partial charge in [-0.15, -0.1) is 11.3 Å². The number of aryl methyl sites for hydroxylation is 1. The SMILES string of the molecule is Cc1ccc(-c2noc(CN(C)[C@H](C)c3cccs3)n2)cc1. The van der Waals surface area contributed by atoms with Crippen LogP contribution in [0.15, 0.2) is 46.3 Å². The molecule has 0 radical (unpaired) electrons. The van der Waals surface area contributed by atoms with E-state index < -0.39 is 0 Å². The number of benzene rings is 1. The van der Waals surface area contributed by atoms with E-state index in [1.165, 1.54) is 10.4 Å². The Hall–Kier alpha value is -1.98. The quantitative estimate of drug-likeness (QED) is 0.704. The highest BCUT2D eigenvalue weighted by Gasteiger charge is 2.16. The predicted molar refractivity (Wildman–Crippen MR) is 88.7 cm³/mol. The van der Waals surface area contributed by atoms with Crippen LogP contribution in [0.25, 0.3) is 11.4 Å². The molecule has 1 atom stereocenters. The molecule has 1 aromatic carbocycles. The minimum Gasteiger partial charge on any atom is -0.338 e. The highest BCUT2D eigenvalue weighted by Crippen LogP contribution is 2.25. The van der Waals surface area contributed by atoms with Gasteiger partial charge in [0.05, 0.1) is 6.54 Å². The third kappa shape index (κ3) is 3.26. The van der Waals surface area contributed by atoms with Gasteiger partial charge in [-0.3, -0.25) is 4.90 Å². The molecule has 114 valence electrons. The van der Waals surface area contributed by atoms with Crippen LogP contribution in [0.2, 0.25) is 0 Å². The lowest BCUT2D eigenvalue weighted by Crippen LogP contribution is -2.21. The van der Waals surface area contributed by atoms with E-state index in [4.69, 9.17) is 4.52 Å². The molecule has 2 heterocycles. The Labute approximate surface area is 134 Å². The van der Waals surface area contributed by atoms with Crippen LogP contribution >= 0.6 is 11.3 Å². The van der Waals surface area contributed by atoms with Gasteiger partial charge in [-0.25, -0.2) is 0 Å². The van der Waals surface area contributed by atoms with Crippen LogP contribution in [0.5, 0.6) is 0 Å². The van der Waals surface area contributed by atoms with Crippen molar-refractivity contribution < 1.29 is 4.52 Å². The van der Waals surface area contributed by atoms with Crippen molar-refractivity contribution in [2.24, 2.45) is 0 Å². The molecule has 3 aromatic rings. The molecule has 0 fully saturated rings. The van der Waals surface area contributed by atoms with Crippen LogP contribution in [-0.2, 0) is 6.54 Å². The first-order chi connectivity index (χ1) is 10.6. The van der Waals surface area contributed by atoms with Gasteiger partial charge in [-0.1, -0.05) is 41.1 Å². The Kier molecular flexibility index (Phi) is 4.36. The molecule has 0 saturated heterocycles. The number of hydrogen-bond donors (Lipinski definition) is 0. The molecule has 4 nitrogen and oxygen atoms in total. The summed E-state index contributed by atoms with van der Waals surface area (Å²) in [6.45, 7) is 4.88. The lowest BCUT2D eigenvalue weighted by molar-refractivity contribution is 0.219. The molecule has 0 unspecified atom stereocenters. The smallest absolute Gasteiger partial charge is 0.241 e. The summed E-state index contributed by atoms with van der Waals surface area (Å²) in [6, 6.07) is 12.7. The highest BCUT2D eigenvalue weighted by molar-refractivity contribution is 7.10. The Morgan fingerprint density at radius 3 is 2.68 bits per heavy atom. The summed E-state index contributed by atoms with van der Waals surface area (Å²) in [5, 5.41) is 6.18. The molecular weight excluding hydrogens is 294 g/mol. The lowest BCUT2D eigenvalue weighted by atomic mass is 10.1. The largest absolute Gasteiger partial charge is 0.338 e. The van der Waals surface area contributed by atoms with Gasteiger partial charge in [0, 0.05) is 16.5 Å². The molecule has 0 aliphatic rings. The Bertz CT molecular complexity index is 719. The molecule has 0 spiro atoms. The first kappa shape index (κ1) is 14.9. The zero-order valence-electron chi connectivity index (χ0n) is 13.0. The molecule has 0 aliphatic heterocycles. The van der Waals surface area contributed by atoms with Gasteiger partial charge in [0.15, 0.2) is 0 Å². The predicted octanol–water partition coefficient (Wildman–Crippen LogP) is 4.30. The Morgan fingerprint density at radius 1 is 1.23 bits per heavy atom. The van der Waals surface area contributed by atoms with Crippen LogP contribution in [0.4, 0.5) is 0 Å². The van der Waals surface area contributed by atoms with Gasteiger partial charge in [-0.2, -0.15) is 4.98 Å². The second kappa shape index (κ2) is 6.42. The number of thiophene rings is 1. The maximum atomic E-state index is 5.39. The average Bonchev–Trinajstić information content (AvgIpc) is 3.18. The fourth-order valence-corrected chi connectivity index (χ4v) is 3.08. The van der Waals surface area contributed by atoms with Crippen molar-refractivity contribution in [1.29, 1.82) is 0 Å². The van der Waals surface area contributed by atoms with Gasteiger partial charge in [0.25, 0.3) is 0 Å². The summed E-state index contributed by atoms with van der Waals surface area (Å²) in [4.78, 5) is 8.04. The zero-order valence-corrected chi connectivity index (χ0v) is 13.8. The van der Waals surface area contributed by atoms with Crippen LogP contribution in [-0.4, -0.2) is 22.1 Å². The highest BCUT2D eigenvalue weighted by atomic mass is 32.1. The van der Waals surface area contributed by atoms with E-state index >= 15 is 0 Å². The van der Waals surface area contributed by atoms with E-state index in [-0.39, 0.29) is 0 Å². The zero-order chi connectivity index (χ0) is 15.5. The molecule has 3 rings (SSSR count). The van der Waals surface area contributed by atoms with Crippen LogP contribution in [0.3, 0.4) is 0 Å². The molecule has 0 N–H and O–H groups in total. The number of nitrogens with zero attached hydrogens (tertiary/aromatic N) is 3. The molecule has 2 aromatic heterocycles. The monoisotopic (exact) mass is 313 g/mol. The van der Waals surface area contributed by atoms with Gasteiger partial charge >= 0.3 is 0 Å². The first-order valence-electron chi connectivity index (χ1n) is 7.27. The summed E-state index contributed by atoms with van der Waals surface area (Å²) in [5.41, 5.74) is 2.20. The van der Waals surface area contributed by atoms with Crippen molar-refractivity contribution >= 4 is 11.3 Å². The van der Waals surface area contributed by atoms with E-state index in [0.717, 1.165) is 5.56 Å². The minimum atomic E-state index is 0.328. The average molecular weight is 313 g/mol. The lowest BCUT2D eigenvalue weighted by Gasteiger charge is -2.21. The van der Waals surface area contributed by atoms with E-state index in [1.807, 2.05) is 12.1 Å². The molecule has 0 aliphatic carbocycles.